The zero-order valence-electron chi connectivity index (χ0n) is 28.0. The summed E-state index contributed by atoms with van der Waals surface area (Å²) < 4.78 is 52.2. The van der Waals surface area contributed by atoms with Crippen LogP contribution >= 0.6 is 0 Å². The molecule has 13 nitrogen and oxygen atoms in total. The van der Waals surface area contributed by atoms with E-state index >= 15 is 8.78 Å². The van der Waals surface area contributed by atoms with Crippen molar-refractivity contribution in [3.8, 4) is 29.0 Å². The zero-order valence-corrected chi connectivity index (χ0v) is 28.0. The molecule has 3 fully saturated rings. The van der Waals surface area contributed by atoms with Gasteiger partial charge in [-0.15, -0.1) is 0 Å². The fourth-order valence-electron chi connectivity index (χ4n) is 5.95. The number of piperazine rings is 1. The third-order valence-corrected chi connectivity index (χ3v) is 8.60. The Labute approximate surface area is 283 Å². The minimum absolute atomic E-state index is 0.0175. The number of piperidine rings is 1. The Bertz CT molecular complexity index is 1700. The van der Waals surface area contributed by atoms with E-state index < -0.39 is 30.3 Å². The Hall–Kier alpha value is -4.81. The monoisotopic (exact) mass is 678 g/mol. The summed E-state index contributed by atoms with van der Waals surface area (Å²) in [6.07, 6.45) is -1.08. The van der Waals surface area contributed by atoms with Gasteiger partial charge < -0.3 is 34.1 Å². The van der Waals surface area contributed by atoms with Gasteiger partial charge in [0.15, 0.2) is 6.10 Å². The van der Waals surface area contributed by atoms with Crippen LogP contribution in [0.2, 0.25) is 0 Å². The molecule has 0 spiro atoms. The van der Waals surface area contributed by atoms with Gasteiger partial charge in [-0.3, -0.25) is 4.90 Å². The van der Waals surface area contributed by atoms with Gasteiger partial charge in [0.1, 0.15) is 41.1 Å². The molecule has 1 unspecified atom stereocenters. The van der Waals surface area contributed by atoms with Crippen LogP contribution in [0.4, 0.5) is 30.9 Å². The van der Waals surface area contributed by atoms with Crippen molar-refractivity contribution in [3.63, 3.8) is 0 Å². The number of halogens is 2. The lowest BCUT2D eigenvalue weighted by Gasteiger charge is -2.43. The molecule has 0 radical (unpaired) electrons. The van der Waals surface area contributed by atoms with Crippen LogP contribution in [-0.2, 0) is 9.47 Å². The molecule has 1 N–H and O–H groups in total. The van der Waals surface area contributed by atoms with E-state index in [1.54, 1.807) is 40.0 Å². The van der Waals surface area contributed by atoms with Crippen LogP contribution in [-0.4, -0.2) is 114 Å². The van der Waals surface area contributed by atoms with Gasteiger partial charge in [0.2, 0.25) is 5.88 Å². The summed E-state index contributed by atoms with van der Waals surface area (Å²) >= 11 is 0. The first-order valence-electron chi connectivity index (χ1n) is 16.2. The highest BCUT2D eigenvalue weighted by Gasteiger charge is 2.48. The van der Waals surface area contributed by atoms with E-state index in [4.69, 9.17) is 18.9 Å². The number of carbonyl (C=O) groups excluding carboxylic acids is 1. The third kappa shape index (κ3) is 7.92. The molecule has 3 saturated heterocycles. The average molecular weight is 679 g/mol. The van der Waals surface area contributed by atoms with Crippen molar-refractivity contribution >= 4 is 23.4 Å². The number of benzene rings is 1. The molecule has 260 valence electrons. The number of ether oxygens (including phenoxy) is 4. The molecule has 0 bridgehead atoms. The minimum Gasteiger partial charge on any atom is -0.483 e. The first kappa shape index (κ1) is 34.1. The lowest BCUT2D eigenvalue weighted by Crippen LogP contribution is -2.56. The summed E-state index contributed by atoms with van der Waals surface area (Å²) in [5, 5.41) is 13.1. The van der Waals surface area contributed by atoms with Gasteiger partial charge in [0.25, 0.3) is 0 Å². The highest BCUT2D eigenvalue weighted by Crippen LogP contribution is 2.35. The maximum atomic E-state index is 15.1. The number of anilines is 3. The smallest absolute Gasteiger partial charge is 0.410 e. The Morgan fingerprint density at radius 3 is 2.49 bits per heavy atom. The van der Waals surface area contributed by atoms with E-state index in [-0.39, 0.29) is 24.3 Å². The van der Waals surface area contributed by atoms with Gasteiger partial charge in [-0.2, -0.15) is 10.2 Å². The molecule has 3 aliphatic rings. The van der Waals surface area contributed by atoms with Gasteiger partial charge in [-0.25, -0.2) is 23.5 Å². The number of pyridine rings is 1. The molecule has 5 heterocycles. The lowest BCUT2D eigenvalue weighted by atomic mass is 10.0. The second-order valence-electron chi connectivity index (χ2n) is 13.2. The van der Waals surface area contributed by atoms with E-state index in [0.29, 0.717) is 34.8 Å². The first-order valence-corrected chi connectivity index (χ1v) is 16.2. The largest absolute Gasteiger partial charge is 0.483 e. The summed E-state index contributed by atoms with van der Waals surface area (Å²) in [6, 6.07) is 12.7. The molecule has 0 saturated carbocycles. The van der Waals surface area contributed by atoms with Crippen molar-refractivity contribution in [2.24, 2.45) is 0 Å². The fraction of sp³-hybridized carbons (Fsp3) is 0.500. The summed E-state index contributed by atoms with van der Waals surface area (Å²) in [5.74, 6) is -1.86. The van der Waals surface area contributed by atoms with Crippen LogP contribution in [0.3, 0.4) is 0 Å². The number of nitrogens with one attached hydrogen (secondary N) is 1. The Balaban J connectivity index is 1.11. The standard InChI is InChI=1S/C34H40F2N8O5/c1-33(2,3)49-32(45)44-10-9-28(34(35,36)20-44)48-27-7-5-22(15-23(27)17-37)25-16-30(39-21-38-25)40-29-8-6-26(31(41-29)46-4)43-13-11-42(12-14-43)24-18-47-19-24/h5-8,15-16,21,24,28H,9-14,18-20H2,1-4H3,(H,38,39,40,41). The van der Waals surface area contributed by atoms with Gasteiger partial charge >= 0.3 is 12.0 Å². The topological polar surface area (TPSA) is 138 Å². The average Bonchev–Trinajstić information content (AvgIpc) is 3.04. The third-order valence-electron chi connectivity index (χ3n) is 8.60. The number of nitrogens with zero attached hydrogens (tertiary/aromatic N) is 7. The number of nitriles is 1. The van der Waals surface area contributed by atoms with Crippen molar-refractivity contribution in [2.75, 3.05) is 69.8 Å². The molecule has 3 aliphatic heterocycles. The molecule has 0 aliphatic carbocycles. The Morgan fingerprint density at radius 2 is 1.84 bits per heavy atom. The summed E-state index contributed by atoms with van der Waals surface area (Å²) in [5.41, 5.74) is 1.24. The van der Waals surface area contributed by atoms with E-state index in [9.17, 15) is 10.1 Å². The number of amides is 1. The van der Waals surface area contributed by atoms with Gasteiger partial charge in [0.05, 0.1) is 44.2 Å². The fourth-order valence-corrected chi connectivity index (χ4v) is 5.95. The van der Waals surface area contributed by atoms with Crippen LogP contribution in [0.1, 0.15) is 32.8 Å². The number of alkyl halides is 2. The number of hydrogen-bond donors (Lipinski definition) is 1. The molecule has 1 atom stereocenters. The van der Waals surface area contributed by atoms with E-state index in [0.717, 1.165) is 50.0 Å². The lowest BCUT2D eigenvalue weighted by molar-refractivity contribution is -0.137. The normalized spacial score (nSPS) is 19.8. The number of carbonyl (C=O) groups is 1. The number of hydrogen-bond acceptors (Lipinski definition) is 12. The number of likely N-dealkylation sites (tertiary alicyclic amines) is 1. The summed E-state index contributed by atoms with van der Waals surface area (Å²) in [4.78, 5) is 31.4. The predicted molar refractivity (Wildman–Crippen MR) is 176 cm³/mol. The molecule has 3 aromatic rings. The van der Waals surface area contributed by atoms with Gasteiger partial charge in [-0.1, -0.05) is 0 Å². The number of rotatable bonds is 8. The highest BCUT2D eigenvalue weighted by molar-refractivity contribution is 5.69. The van der Waals surface area contributed by atoms with E-state index in [2.05, 4.69) is 30.1 Å². The molecular formula is C34H40F2N8O5. The molecule has 1 amide bonds. The van der Waals surface area contributed by atoms with Crippen molar-refractivity contribution in [3.05, 3.63) is 48.3 Å². The van der Waals surface area contributed by atoms with Crippen molar-refractivity contribution in [1.29, 1.82) is 5.26 Å². The van der Waals surface area contributed by atoms with Crippen molar-refractivity contribution in [1.82, 2.24) is 24.8 Å². The van der Waals surface area contributed by atoms with Crippen LogP contribution < -0.4 is 19.7 Å². The highest BCUT2D eigenvalue weighted by atomic mass is 19.3. The molecule has 49 heavy (non-hydrogen) atoms. The zero-order chi connectivity index (χ0) is 34.8. The Morgan fingerprint density at radius 1 is 1.06 bits per heavy atom. The summed E-state index contributed by atoms with van der Waals surface area (Å²) in [6.45, 7) is 9.43. The number of aromatic nitrogens is 3. The second kappa shape index (κ2) is 14.0. The summed E-state index contributed by atoms with van der Waals surface area (Å²) in [7, 11) is 1.59. The number of methoxy groups -OCH3 is 1. The maximum absolute atomic E-state index is 15.1. The quantitative estimate of drug-likeness (QED) is 0.353. The van der Waals surface area contributed by atoms with E-state index in [1.165, 1.54) is 18.5 Å². The maximum Gasteiger partial charge on any atom is 0.410 e. The van der Waals surface area contributed by atoms with Crippen molar-refractivity contribution in [2.45, 2.75) is 50.9 Å². The van der Waals surface area contributed by atoms with Crippen LogP contribution in [0.25, 0.3) is 11.3 Å². The minimum atomic E-state index is -3.36. The van der Waals surface area contributed by atoms with Gasteiger partial charge in [-0.05, 0) is 51.1 Å². The molecule has 6 rings (SSSR count). The van der Waals surface area contributed by atoms with Crippen LogP contribution in [0.15, 0.2) is 42.7 Å². The molecule has 15 heteroatoms. The van der Waals surface area contributed by atoms with Crippen LogP contribution in [0, 0.1) is 11.3 Å². The molecular weight excluding hydrogens is 638 g/mol. The predicted octanol–water partition coefficient (Wildman–Crippen LogP) is 4.71. The van der Waals surface area contributed by atoms with E-state index in [1.807, 2.05) is 18.2 Å². The second-order valence-corrected chi connectivity index (χ2v) is 13.2. The SMILES string of the molecule is COc1nc(Nc2cc(-c3ccc(OC4CCN(C(=O)OC(C)(C)C)CC4(F)F)c(C#N)c3)ncn2)ccc1N1CCN(C2COC2)CC1. The Kier molecular flexibility index (Phi) is 9.71. The van der Waals surface area contributed by atoms with Crippen molar-refractivity contribution < 1.29 is 32.5 Å². The first-order chi connectivity index (χ1) is 23.4. The molecule has 2 aromatic heterocycles. The van der Waals surface area contributed by atoms with Crippen LogP contribution in [0.5, 0.6) is 11.6 Å². The molecule has 1 aromatic carbocycles. The van der Waals surface area contributed by atoms with Gasteiger partial charge in [0, 0.05) is 50.8 Å².